The molecule has 2 atom stereocenters. The van der Waals surface area contributed by atoms with E-state index in [4.69, 9.17) is 0 Å². The van der Waals surface area contributed by atoms with Crippen molar-refractivity contribution in [2.24, 2.45) is 16.9 Å². The van der Waals surface area contributed by atoms with Crippen LogP contribution >= 0.6 is 15.9 Å². The number of phenolic OH excluding ortho intramolecular Hbond substituents is 1. The number of hydrogen-bond donors (Lipinski definition) is 1. The van der Waals surface area contributed by atoms with Gasteiger partial charge >= 0.3 is 0 Å². The summed E-state index contributed by atoms with van der Waals surface area (Å²) in [5, 5.41) is 26.5. The molecule has 1 fully saturated rings. The number of carbonyl (C=O) groups is 2. The minimum Gasteiger partial charge on any atom is -0.506 e. The number of rotatable bonds is 3. The van der Waals surface area contributed by atoms with Gasteiger partial charge in [0, 0.05) is 29.5 Å². The van der Waals surface area contributed by atoms with Crippen LogP contribution < -0.4 is 0 Å². The Balaban J connectivity index is 1.43. The first-order valence-electron chi connectivity index (χ1n) is 10.6. The van der Waals surface area contributed by atoms with Crippen LogP contribution in [0.5, 0.6) is 5.75 Å². The first-order valence-corrected chi connectivity index (χ1v) is 11.4. The maximum absolute atomic E-state index is 13.5. The highest BCUT2D eigenvalue weighted by Gasteiger charge is 2.61. The number of non-ortho nitro benzene ring substituents is 1. The summed E-state index contributed by atoms with van der Waals surface area (Å²) in [4.78, 5) is 37.6. The molecule has 3 aromatic rings. The molecule has 2 bridgehead atoms. The van der Waals surface area contributed by atoms with Gasteiger partial charge < -0.3 is 5.11 Å². The molecule has 34 heavy (non-hydrogen) atoms. The normalized spacial score (nSPS) is 24.3. The fraction of sp³-hybridized carbons (Fsp3) is 0.160. The summed E-state index contributed by atoms with van der Waals surface area (Å²) in [6.07, 6.45) is 1.11. The molecule has 0 radical (unpaired) electrons. The van der Waals surface area contributed by atoms with Gasteiger partial charge in [0.15, 0.2) is 0 Å². The molecular weight excluding hydrogens is 502 g/mol. The zero-order chi connectivity index (χ0) is 23.7. The third-order valence-electron chi connectivity index (χ3n) is 7.03. The van der Waals surface area contributed by atoms with Gasteiger partial charge in [-0.3, -0.25) is 19.7 Å². The maximum Gasteiger partial charge on any atom is 0.271 e. The monoisotopic (exact) mass is 517 g/mol. The molecule has 0 aromatic heterocycles. The lowest BCUT2D eigenvalue weighted by Gasteiger charge is -2.45. The molecule has 1 N–H and O–H groups in total. The minimum absolute atomic E-state index is 0.0195. The number of benzene rings is 3. The molecular formula is C25H16BrN3O5. The number of phenols is 1. The van der Waals surface area contributed by atoms with Gasteiger partial charge in [-0.1, -0.05) is 48.5 Å². The lowest BCUT2D eigenvalue weighted by atomic mass is 9.55. The maximum atomic E-state index is 13.5. The summed E-state index contributed by atoms with van der Waals surface area (Å²) >= 11 is 3.09. The molecule has 3 aromatic carbocycles. The van der Waals surface area contributed by atoms with Crippen molar-refractivity contribution < 1.29 is 19.6 Å². The van der Waals surface area contributed by atoms with Crippen LogP contribution in [0.2, 0.25) is 0 Å². The van der Waals surface area contributed by atoms with Gasteiger partial charge in [-0.2, -0.15) is 10.1 Å². The van der Waals surface area contributed by atoms with E-state index >= 15 is 0 Å². The van der Waals surface area contributed by atoms with E-state index < -0.39 is 28.6 Å². The Bertz CT molecular complexity index is 1340. The Hall–Kier alpha value is -3.85. The lowest BCUT2D eigenvalue weighted by molar-refractivity contribution is -0.385. The fourth-order valence-electron chi connectivity index (χ4n) is 5.70. The van der Waals surface area contributed by atoms with Crippen LogP contribution in [0.25, 0.3) is 0 Å². The van der Waals surface area contributed by atoms with Crippen LogP contribution in [0.1, 0.15) is 39.7 Å². The first kappa shape index (κ1) is 20.7. The first-order chi connectivity index (χ1) is 16.4. The number of halogens is 1. The highest BCUT2D eigenvalue weighted by Crippen LogP contribution is 2.60. The Morgan fingerprint density at radius 3 is 1.82 bits per heavy atom. The number of aromatic hydroxyl groups is 1. The van der Waals surface area contributed by atoms with Crippen molar-refractivity contribution in [3.05, 3.63) is 103 Å². The summed E-state index contributed by atoms with van der Waals surface area (Å²) in [5.41, 5.74) is 3.98. The SMILES string of the molecule is O=C1[C@@H]2C3c4ccccc4C(c4ccccc43)[C@@H]2C(=O)N1/N=C\c1cc([N+](=O)[O-])cc(Br)c1O. The summed E-state index contributed by atoms with van der Waals surface area (Å²) in [6.45, 7) is 0. The molecule has 0 unspecified atom stereocenters. The Morgan fingerprint density at radius 1 is 0.912 bits per heavy atom. The second-order valence-electron chi connectivity index (χ2n) is 8.62. The molecule has 168 valence electrons. The number of carbonyl (C=O) groups excluding carboxylic acids is 2. The van der Waals surface area contributed by atoms with Gasteiger partial charge in [0.2, 0.25) is 0 Å². The largest absolute Gasteiger partial charge is 0.506 e. The van der Waals surface area contributed by atoms with Crippen molar-refractivity contribution in [1.82, 2.24) is 5.01 Å². The molecule has 1 heterocycles. The van der Waals surface area contributed by atoms with E-state index in [-0.39, 0.29) is 33.3 Å². The quantitative estimate of drug-likeness (QED) is 0.241. The van der Waals surface area contributed by atoms with Crippen molar-refractivity contribution in [1.29, 1.82) is 0 Å². The third-order valence-corrected chi connectivity index (χ3v) is 7.63. The average molecular weight is 518 g/mol. The van der Waals surface area contributed by atoms with Crippen molar-refractivity contribution in [3.8, 4) is 5.75 Å². The summed E-state index contributed by atoms with van der Waals surface area (Å²) in [5.74, 6) is -2.75. The second kappa shape index (κ2) is 7.33. The molecule has 1 aliphatic heterocycles. The minimum atomic E-state index is -0.603. The molecule has 1 saturated heterocycles. The Morgan fingerprint density at radius 2 is 1.38 bits per heavy atom. The zero-order valence-electron chi connectivity index (χ0n) is 17.5. The van der Waals surface area contributed by atoms with Crippen molar-refractivity contribution in [2.45, 2.75) is 11.8 Å². The molecule has 9 heteroatoms. The molecule has 3 aliphatic carbocycles. The average Bonchev–Trinajstić information content (AvgIpc) is 3.10. The summed E-state index contributed by atoms with van der Waals surface area (Å²) in [6, 6.07) is 18.1. The van der Waals surface area contributed by atoms with Gasteiger partial charge in [0.05, 0.1) is 27.4 Å². The van der Waals surface area contributed by atoms with Crippen LogP contribution in [-0.4, -0.2) is 33.1 Å². The number of nitro benzene ring substituents is 1. The van der Waals surface area contributed by atoms with E-state index in [1.54, 1.807) is 0 Å². The van der Waals surface area contributed by atoms with Gasteiger partial charge in [-0.15, -0.1) is 0 Å². The number of nitrogens with zero attached hydrogens (tertiary/aromatic N) is 3. The van der Waals surface area contributed by atoms with Crippen molar-refractivity contribution in [3.63, 3.8) is 0 Å². The summed E-state index contributed by atoms with van der Waals surface area (Å²) in [7, 11) is 0. The van der Waals surface area contributed by atoms with Crippen LogP contribution in [0.3, 0.4) is 0 Å². The van der Waals surface area contributed by atoms with E-state index in [1.165, 1.54) is 6.07 Å². The van der Waals surface area contributed by atoms with Crippen LogP contribution in [0.15, 0.2) is 70.2 Å². The second-order valence-corrected chi connectivity index (χ2v) is 9.47. The van der Waals surface area contributed by atoms with E-state index in [1.807, 2.05) is 48.5 Å². The predicted molar refractivity (Wildman–Crippen MR) is 125 cm³/mol. The van der Waals surface area contributed by atoms with Crippen LogP contribution in [-0.2, 0) is 9.59 Å². The molecule has 2 amide bonds. The zero-order valence-corrected chi connectivity index (χ0v) is 19.0. The number of amides is 2. The van der Waals surface area contributed by atoms with Crippen molar-refractivity contribution >= 4 is 39.6 Å². The molecule has 7 rings (SSSR count). The molecule has 4 aliphatic rings. The van der Waals surface area contributed by atoms with Gasteiger partial charge in [-0.25, -0.2) is 0 Å². The van der Waals surface area contributed by atoms with Crippen LogP contribution in [0.4, 0.5) is 5.69 Å². The topological polar surface area (TPSA) is 113 Å². The van der Waals surface area contributed by atoms with Crippen molar-refractivity contribution in [2.75, 3.05) is 0 Å². The van der Waals surface area contributed by atoms with E-state index in [9.17, 15) is 24.8 Å². The smallest absolute Gasteiger partial charge is 0.271 e. The predicted octanol–water partition coefficient (Wildman–Crippen LogP) is 4.29. The van der Waals surface area contributed by atoms with Gasteiger partial charge in [0.1, 0.15) is 5.75 Å². The Labute approximate surface area is 201 Å². The van der Waals surface area contributed by atoms with E-state index in [2.05, 4.69) is 21.0 Å². The standard InChI is InChI=1S/C25H16BrN3O5/c26-18-10-13(29(33)34)9-12(23(18)30)11-27-28-24(31)21-19-14-5-1-2-6-15(14)20(22(21)25(28)32)17-8-4-3-7-16(17)19/h1-11,19-22,30H/b27-11-/t19?,20?,21-,22+. The molecule has 0 saturated carbocycles. The van der Waals surface area contributed by atoms with Crippen LogP contribution in [0, 0.1) is 22.0 Å². The highest BCUT2D eigenvalue weighted by atomic mass is 79.9. The van der Waals surface area contributed by atoms with E-state index in [0.29, 0.717) is 0 Å². The fourth-order valence-corrected chi connectivity index (χ4v) is 6.17. The lowest BCUT2D eigenvalue weighted by Crippen LogP contribution is -2.41. The van der Waals surface area contributed by atoms with Gasteiger partial charge in [0.25, 0.3) is 17.5 Å². The third kappa shape index (κ3) is 2.73. The molecule has 0 spiro atoms. The van der Waals surface area contributed by atoms with Gasteiger partial charge in [-0.05, 0) is 38.2 Å². The summed E-state index contributed by atoms with van der Waals surface area (Å²) < 4.78 is 0.111. The number of nitro groups is 1. The molecule has 8 nitrogen and oxygen atoms in total. The number of hydrazone groups is 1. The highest BCUT2D eigenvalue weighted by molar-refractivity contribution is 9.10. The Kier molecular flexibility index (Phi) is 4.47. The van der Waals surface area contributed by atoms with E-state index in [0.717, 1.165) is 39.5 Å². The number of imide groups is 1. The number of hydrogen-bond acceptors (Lipinski definition) is 6.